The van der Waals surface area contributed by atoms with Crippen LogP contribution in [0.25, 0.3) is 0 Å². The van der Waals surface area contributed by atoms with Crippen LogP contribution in [-0.2, 0) is 16.1 Å². The molecular formula is C12H18N2O4. The van der Waals surface area contributed by atoms with Crippen LogP contribution >= 0.6 is 0 Å². The molecule has 1 N–H and O–H groups in total. The summed E-state index contributed by atoms with van der Waals surface area (Å²) in [5.74, 6) is 0. The van der Waals surface area contributed by atoms with Gasteiger partial charge in [-0.1, -0.05) is 6.07 Å². The highest BCUT2D eigenvalue weighted by molar-refractivity contribution is 5.62. The van der Waals surface area contributed by atoms with Gasteiger partial charge < -0.3 is 14.8 Å². The van der Waals surface area contributed by atoms with Crippen molar-refractivity contribution in [2.24, 2.45) is 0 Å². The van der Waals surface area contributed by atoms with E-state index in [0.717, 1.165) is 5.56 Å². The molecule has 1 aromatic carbocycles. The van der Waals surface area contributed by atoms with Gasteiger partial charge in [-0.15, -0.1) is 0 Å². The number of anilines is 1. The Morgan fingerprint density at radius 3 is 2.78 bits per heavy atom. The predicted molar refractivity (Wildman–Crippen MR) is 68.8 cm³/mol. The molecule has 6 nitrogen and oxygen atoms in total. The fraction of sp³-hybridized carbons (Fsp3) is 0.500. The maximum Gasteiger partial charge on any atom is 0.292 e. The second kappa shape index (κ2) is 6.93. The molecule has 100 valence electrons. The molecule has 0 fully saturated rings. The lowest BCUT2D eigenvalue weighted by molar-refractivity contribution is -0.384. The summed E-state index contributed by atoms with van der Waals surface area (Å²) in [5, 5.41) is 13.7. The molecule has 0 amide bonds. The van der Waals surface area contributed by atoms with Gasteiger partial charge in [0.05, 0.1) is 24.2 Å². The second-order valence-corrected chi connectivity index (χ2v) is 3.94. The van der Waals surface area contributed by atoms with Gasteiger partial charge in [0, 0.05) is 20.2 Å². The largest absolute Gasteiger partial charge is 0.383 e. The summed E-state index contributed by atoms with van der Waals surface area (Å²) in [6.45, 7) is 2.71. The standard InChI is InChI=1S/C12H18N2O4/c1-9(7-17-3)18-8-10-4-5-11(13-2)12(6-10)14(15)16/h4-6,9,13H,7-8H2,1-3H3. The molecule has 0 aliphatic heterocycles. The first kappa shape index (κ1) is 14.4. The molecule has 1 unspecified atom stereocenters. The molecule has 0 heterocycles. The number of nitro groups is 1. The minimum atomic E-state index is -0.409. The third kappa shape index (κ3) is 3.97. The van der Waals surface area contributed by atoms with Crippen molar-refractivity contribution >= 4 is 11.4 Å². The number of nitrogens with one attached hydrogen (secondary N) is 1. The first-order chi connectivity index (χ1) is 8.58. The number of benzene rings is 1. The zero-order valence-corrected chi connectivity index (χ0v) is 10.8. The summed E-state index contributed by atoms with van der Waals surface area (Å²) >= 11 is 0. The van der Waals surface area contributed by atoms with Crippen molar-refractivity contribution in [3.63, 3.8) is 0 Å². The lowest BCUT2D eigenvalue weighted by Crippen LogP contribution is -2.14. The minimum Gasteiger partial charge on any atom is -0.383 e. The van der Waals surface area contributed by atoms with E-state index in [1.165, 1.54) is 6.07 Å². The van der Waals surface area contributed by atoms with Crippen LogP contribution in [0.5, 0.6) is 0 Å². The summed E-state index contributed by atoms with van der Waals surface area (Å²) in [4.78, 5) is 10.5. The van der Waals surface area contributed by atoms with E-state index in [0.29, 0.717) is 18.9 Å². The van der Waals surface area contributed by atoms with E-state index < -0.39 is 4.92 Å². The van der Waals surface area contributed by atoms with Gasteiger partial charge in [0.1, 0.15) is 5.69 Å². The van der Waals surface area contributed by atoms with Crippen LogP contribution in [0, 0.1) is 10.1 Å². The van der Waals surface area contributed by atoms with Crippen LogP contribution in [0.2, 0.25) is 0 Å². The van der Waals surface area contributed by atoms with Crippen LogP contribution in [0.1, 0.15) is 12.5 Å². The Kier molecular flexibility index (Phi) is 5.54. The van der Waals surface area contributed by atoms with Crippen molar-refractivity contribution < 1.29 is 14.4 Å². The Bertz CT molecular complexity index is 409. The smallest absolute Gasteiger partial charge is 0.292 e. The Hall–Kier alpha value is -1.66. The van der Waals surface area contributed by atoms with Crippen molar-refractivity contribution in [2.75, 3.05) is 26.1 Å². The molecule has 0 saturated heterocycles. The molecule has 0 spiro atoms. The van der Waals surface area contributed by atoms with E-state index in [4.69, 9.17) is 9.47 Å². The molecule has 0 bridgehead atoms. The van der Waals surface area contributed by atoms with Gasteiger partial charge in [-0.05, 0) is 18.6 Å². The summed E-state index contributed by atoms with van der Waals surface area (Å²) < 4.78 is 10.5. The minimum absolute atomic E-state index is 0.0435. The van der Waals surface area contributed by atoms with Crippen molar-refractivity contribution in [3.05, 3.63) is 33.9 Å². The maximum absolute atomic E-state index is 10.9. The lowest BCUT2D eigenvalue weighted by Gasteiger charge is -2.12. The number of hydrogen-bond acceptors (Lipinski definition) is 5. The first-order valence-corrected chi connectivity index (χ1v) is 5.64. The van der Waals surface area contributed by atoms with Gasteiger partial charge in [-0.2, -0.15) is 0 Å². The van der Waals surface area contributed by atoms with Crippen molar-refractivity contribution in [2.45, 2.75) is 19.6 Å². The van der Waals surface area contributed by atoms with Gasteiger partial charge in [0.15, 0.2) is 0 Å². The molecule has 1 atom stereocenters. The third-order valence-corrected chi connectivity index (χ3v) is 2.46. The van der Waals surface area contributed by atoms with Crippen LogP contribution in [-0.4, -0.2) is 31.8 Å². The van der Waals surface area contributed by atoms with Crippen molar-refractivity contribution in [3.8, 4) is 0 Å². The van der Waals surface area contributed by atoms with E-state index >= 15 is 0 Å². The monoisotopic (exact) mass is 254 g/mol. The zero-order chi connectivity index (χ0) is 13.5. The van der Waals surface area contributed by atoms with Gasteiger partial charge >= 0.3 is 0 Å². The molecule has 0 saturated carbocycles. The van der Waals surface area contributed by atoms with E-state index in [1.54, 1.807) is 26.3 Å². The summed E-state index contributed by atoms with van der Waals surface area (Å²) in [5.41, 5.74) is 1.32. The van der Waals surface area contributed by atoms with Crippen LogP contribution in [0.15, 0.2) is 18.2 Å². The quantitative estimate of drug-likeness (QED) is 0.596. The number of hydrogen-bond donors (Lipinski definition) is 1. The lowest BCUT2D eigenvalue weighted by atomic mass is 10.2. The van der Waals surface area contributed by atoms with Crippen LogP contribution in [0.3, 0.4) is 0 Å². The average molecular weight is 254 g/mol. The van der Waals surface area contributed by atoms with Gasteiger partial charge in [0.25, 0.3) is 5.69 Å². The molecule has 0 aliphatic rings. The van der Waals surface area contributed by atoms with Crippen molar-refractivity contribution in [1.29, 1.82) is 0 Å². The van der Waals surface area contributed by atoms with Crippen molar-refractivity contribution in [1.82, 2.24) is 0 Å². The summed E-state index contributed by atoms with van der Waals surface area (Å²) in [6, 6.07) is 5.00. The highest BCUT2D eigenvalue weighted by atomic mass is 16.6. The number of rotatable bonds is 7. The number of methoxy groups -OCH3 is 1. The third-order valence-electron chi connectivity index (χ3n) is 2.46. The highest BCUT2D eigenvalue weighted by Crippen LogP contribution is 2.25. The Morgan fingerprint density at radius 2 is 2.22 bits per heavy atom. The van der Waals surface area contributed by atoms with Crippen LogP contribution in [0.4, 0.5) is 11.4 Å². The highest BCUT2D eigenvalue weighted by Gasteiger charge is 2.13. The molecule has 18 heavy (non-hydrogen) atoms. The van der Waals surface area contributed by atoms with Crippen LogP contribution < -0.4 is 5.32 Å². The molecular weight excluding hydrogens is 236 g/mol. The fourth-order valence-corrected chi connectivity index (χ4v) is 1.55. The Balaban J connectivity index is 2.73. The molecule has 6 heteroatoms. The number of ether oxygens (including phenoxy) is 2. The SMILES string of the molecule is CNc1ccc(COC(C)COC)cc1[N+](=O)[O-]. The predicted octanol–water partition coefficient (Wildman–Crippen LogP) is 2.19. The zero-order valence-electron chi connectivity index (χ0n) is 10.8. The van der Waals surface area contributed by atoms with Gasteiger partial charge in [-0.25, -0.2) is 0 Å². The van der Waals surface area contributed by atoms with E-state index in [9.17, 15) is 10.1 Å². The average Bonchev–Trinajstić information content (AvgIpc) is 2.36. The molecule has 0 aliphatic carbocycles. The Morgan fingerprint density at radius 1 is 1.50 bits per heavy atom. The summed E-state index contributed by atoms with van der Waals surface area (Å²) in [6.07, 6.45) is -0.0435. The fourth-order valence-electron chi connectivity index (χ4n) is 1.55. The number of nitrogens with zero attached hydrogens (tertiary/aromatic N) is 1. The first-order valence-electron chi connectivity index (χ1n) is 5.64. The molecule has 1 rings (SSSR count). The normalized spacial score (nSPS) is 12.2. The molecule has 0 aromatic heterocycles. The maximum atomic E-state index is 10.9. The molecule has 1 aromatic rings. The molecule has 0 radical (unpaired) electrons. The number of nitro benzene ring substituents is 1. The topological polar surface area (TPSA) is 73.6 Å². The van der Waals surface area contributed by atoms with E-state index in [2.05, 4.69) is 5.32 Å². The second-order valence-electron chi connectivity index (χ2n) is 3.94. The van der Waals surface area contributed by atoms with Gasteiger partial charge in [0.2, 0.25) is 0 Å². The van der Waals surface area contributed by atoms with E-state index in [1.807, 2.05) is 6.92 Å². The van der Waals surface area contributed by atoms with E-state index in [-0.39, 0.29) is 11.8 Å². The summed E-state index contributed by atoms with van der Waals surface area (Å²) in [7, 11) is 3.26. The van der Waals surface area contributed by atoms with Gasteiger partial charge in [-0.3, -0.25) is 10.1 Å². The Labute approximate surface area is 106 Å².